The third-order valence-corrected chi connectivity index (χ3v) is 3.24. The van der Waals surface area contributed by atoms with Gasteiger partial charge in [0.05, 0.1) is 0 Å². The fraction of sp³-hybridized carbons (Fsp3) is 0.667. The summed E-state index contributed by atoms with van der Waals surface area (Å²) in [4.78, 5) is 8.69. The van der Waals surface area contributed by atoms with Gasteiger partial charge in [0.15, 0.2) is 5.82 Å². The van der Waals surface area contributed by atoms with Gasteiger partial charge in [-0.05, 0) is 33.1 Å². The second-order valence-corrected chi connectivity index (χ2v) is 4.88. The molecule has 6 nitrogen and oxygen atoms in total. The number of hydrogen-bond donors (Lipinski definition) is 3. The number of hydrogen-bond acceptors (Lipinski definition) is 6. The van der Waals surface area contributed by atoms with Gasteiger partial charge in [0.1, 0.15) is 18.2 Å². The van der Waals surface area contributed by atoms with E-state index in [0.717, 1.165) is 5.82 Å². The predicted octanol–water partition coefficient (Wildman–Crippen LogP) is 1.65. The molecule has 0 aromatic carbocycles. The minimum atomic E-state index is 0.156. The number of nitrogens with two attached hydrogens (primary N) is 1. The molecular weight excluding hydrogens is 230 g/mol. The van der Waals surface area contributed by atoms with Crippen LogP contribution in [0.5, 0.6) is 0 Å². The summed E-state index contributed by atoms with van der Waals surface area (Å²) in [6, 6.07) is 1.82. The molecule has 1 aliphatic rings. The summed E-state index contributed by atoms with van der Waals surface area (Å²) in [5.41, 5.74) is 2.72. The number of ether oxygens (including phenoxy) is 1. The quantitative estimate of drug-likeness (QED) is 0.526. The number of aromatic nitrogens is 2. The second kappa shape index (κ2) is 5.49. The number of anilines is 2. The minimum absolute atomic E-state index is 0.156. The smallest absolute Gasteiger partial charge is 0.158 e. The van der Waals surface area contributed by atoms with Crippen LogP contribution in [-0.4, -0.2) is 22.1 Å². The standard InChI is InChI=1S/C12H21N5O/c1-3-18-8-11-14-9(7-10(15-11)17-13)16-12(2)5-4-6-12/h7H,3-6,8,13H2,1-2H3,(H2,14,15,16,17). The Morgan fingerprint density at radius 3 is 2.67 bits per heavy atom. The zero-order valence-corrected chi connectivity index (χ0v) is 11.0. The molecule has 1 aliphatic carbocycles. The predicted molar refractivity (Wildman–Crippen MR) is 71.1 cm³/mol. The first-order valence-corrected chi connectivity index (χ1v) is 6.36. The van der Waals surface area contributed by atoms with E-state index >= 15 is 0 Å². The summed E-state index contributed by atoms with van der Waals surface area (Å²) in [6.07, 6.45) is 3.61. The number of nitrogens with one attached hydrogen (secondary N) is 2. The first kappa shape index (κ1) is 13.0. The first-order valence-electron chi connectivity index (χ1n) is 6.36. The van der Waals surface area contributed by atoms with E-state index in [4.69, 9.17) is 10.6 Å². The van der Waals surface area contributed by atoms with E-state index in [9.17, 15) is 0 Å². The molecule has 2 rings (SSSR count). The molecular formula is C12H21N5O. The van der Waals surface area contributed by atoms with Crippen molar-refractivity contribution in [2.45, 2.75) is 45.3 Å². The van der Waals surface area contributed by atoms with Crippen LogP contribution in [0.25, 0.3) is 0 Å². The van der Waals surface area contributed by atoms with Gasteiger partial charge in [-0.25, -0.2) is 15.8 Å². The van der Waals surface area contributed by atoms with E-state index in [1.807, 2.05) is 13.0 Å². The molecule has 1 heterocycles. The molecule has 1 aromatic heterocycles. The first-order chi connectivity index (χ1) is 8.65. The Morgan fingerprint density at radius 1 is 1.39 bits per heavy atom. The fourth-order valence-electron chi connectivity index (χ4n) is 2.03. The van der Waals surface area contributed by atoms with Crippen LogP contribution in [0.1, 0.15) is 38.9 Å². The van der Waals surface area contributed by atoms with Crippen LogP contribution in [0.15, 0.2) is 6.07 Å². The number of hydrazine groups is 1. The van der Waals surface area contributed by atoms with Crippen LogP contribution in [-0.2, 0) is 11.3 Å². The summed E-state index contributed by atoms with van der Waals surface area (Å²) in [5.74, 6) is 7.46. The Bertz CT molecular complexity index is 405. The van der Waals surface area contributed by atoms with Crippen molar-refractivity contribution < 1.29 is 4.74 Å². The van der Waals surface area contributed by atoms with Crippen molar-refractivity contribution in [1.82, 2.24) is 9.97 Å². The molecule has 1 saturated carbocycles. The molecule has 0 amide bonds. The van der Waals surface area contributed by atoms with Gasteiger partial charge in [-0.1, -0.05) is 0 Å². The zero-order valence-electron chi connectivity index (χ0n) is 11.0. The summed E-state index contributed by atoms with van der Waals surface area (Å²) >= 11 is 0. The van der Waals surface area contributed by atoms with Gasteiger partial charge in [0.25, 0.3) is 0 Å². The van der Waals surface area contributed by atoms with Crippen molar-refractivity contribution >= 4 is 11.6 Å². The average Bonchev–Trinajstić information content (AvgIpc) is 2.34. The summed E-state index contributed by atoms with van der Waals surface area (Å²) in [5, 5.41) is 3.44. The Labute approximate surface area is 107 Å². The van der Waals surface area contributed by atoms with Crippen LogP contribution < -0.4 is 16.6 Å². The SMILES string of the molecule is CCOCc1nc(NN)cc(NC2(C)CCC2)n1. The molecule has 1 fully saturated rings. The molecule has 100 valence electrons. The van der Waals surface area contributed by atoms with E-state index in [0.29, 0.717) is 24.9 Å². The lowest BCUT2D eigenvalue weighted by Crippen LogP contribution is -2.42. The third kappa shape index (κ3) is 3.08. The molecule has 1 aromatic rings. The molecule has 0 unspecified atom stereocenters. The summed E-state index contributed by atoms with van der Waals surface area (Å²) in [7, 11) is 0. The molecule has 0 bridgehead atoms. The van der Waals surface area contributed by atoms with Crippen molar-refractivity contribution in [2.75, 3.05) is 17.3 Å². The van der Waals surface area contributed by atoms with Crippen LogP contribution in [0.4, 0.5) is 11.6 Å². The van der Waals surface area contributed by atoms with Gasteiger partial charge in [0.2, 0.25) is 0 Å². The van der Waals surface area contributed by atoms with E-state index in [2.05, 4.69) is 27.6 Å². The van der Waals surface area contributed by atoms with Crippen molar-refractivity contribution in [3.8, 4) is 0 Å². The van der Waals surface area contributed by atoms with Gasteiger partial charge in [-0.15, -0.1) is 0 Å². The van der Waals surface area contributed by atoms with E-state index in [1.54, 1.807) is 0 Å². The van der Waals surface area contributed by atoms with Crippen LogP contribution in [0.3, 0.4) is 0 Å². The average molecular weight is 251 g/mol. The van der Waals surface area contributed by atoms with Crippen molar-refractivity contribution in [2.24, 2.45) is 5.84 Å². The lowest BCUT2D eigenvalue weighted by Gasteiger charge is -2.39. The monoisotopic (exact) mass is 251 g/mol. The largest absolute Gasteiger partial charge is 0.374 e. The normalized spacial score (nSPS) is 17.1. The van der Waals surface area contributed by atoms with Crippen molar-refractivity contribution in [1.29, 1.82) is 0 Å². The van der Waals surface area contributed by atoms with Gasteiger partial charge < -0.3 is 15.5 Å². The van der Waals surface area contributed by atoms with Gasteiger partial charge >= 0.3 is 0 Å². The molecule has 0 spiro atoms. The minimum Gasteiger partial charge on any atom is -0.374 e. The maximum atomic E-state index is 5.42. The number of rotatable bonds is 6. The maximum Gasteiger partial charge on any atom is 0.158 e. The Kier molecular flexibility index (Phi) is 3.98. The summed E-state index contributed by atoms with van der Waals surface area (Å²) < 4.78 is 5.32. The highest BCUT2D eigenvalue weighted by Crippen LogP contribution is 2.34. The maximum absolute atomic E-state index is 5.42. The molecule has 4 N–H and O–H groups in total. The van der Waals surface area contributed by atoms with Crippen molar-refractivity contribution in [3.63, 3.8) is 0 Å². The number of nitrogens with zero attached hydrogens (tertiary/aromatic N) is 2. The topological polar surface area (TPSA) is 85.1 Å². The molecule has 6 heteroatoms. The fourth-order valence-corrected chi connectivity index (χ4v) is 2.03. The van der Waals surface area contributed by atoms with Crippen LogP contribution in [0.2, 0.25) is 0 Å². The molecule has 0 saturated heterocycles. The highest BCUT2D eigenvalue weighted by molar-refractivity contribution is 5.48. The van der Waals surface area contributed by atoms with Gasteiger partial charge in [0, 0.05) is 18.2 Å². The molecule has 0 aliphatic heterocycles. The van der Waals surface area contributed by atoms with Crippen LogP contribution >= 0.6 is 0 Å². The summed E-state index contributed by atoms with van der Waals surface area (Å²) in [6.45, 7) is 5.19. The third-order valence-electron chi connectivity index (χ3n) is 3.24. The Morgan fingerprint density at radius 2 is 2.11 bits per heavy atom. The lowest BCUT2D eigenvalue weighted by molar-refractivity contribution is 0.128. The molecule has 0 atom stereocenters. The molecule has 0 radical (unpaired) electrons. The zero-order chi connectivity index (χ0) is 13.0. The molecule has 18 heavy (non-hydrogen) atoms. The Hall–Kier alpha value is -1.40. The lowest BCUT2D eigenvalue weighted by atomic mass is 9.78. The van der Waals surface area contributed by atoms with Gasteiger partial charge in [-0.3, -0.25) is 0 Å². The Balaban J connectivity index is 2.12. The number of nitrogen functional groups attached to an aromatic ring is 1. The van der Waals surface area contributed by atoms with Crippen LogP contribution in [0, 0.1) is 0 Å². The second-order valence-electron chi connectivity index (χ2n) is 4.88. The van der Waals surface area contributed by atoms with Gasteiger partial charge in [-0.2, -0.15) is 0 Å². The highest BCUT2D eigenvalue weighted by Gasteiger charge is 2.31. The van der Waals surface area contributed by atoms with Crippen molar-refractivity contribution in [3.05, 3.63) is 11.9 Å². The van der Waals surface area contributed by atoms with E-state index in [-0.39, 0.29) is 5.54 Å². The van der Waals surface area contributed by atoms with E-state index in [1.165, 1.54) is 19.3 Å². The highest BCUT2D eigenvalue weighted by atomic mass is 16.5. The van der Waals surface area contributed by atoms with E-state index < -0.39 is 0 Å².